The van der Waals surface area contributed by atoms with Crippen LogP contribution in [0.2, 0.25) is 0 Å². The lowest BCUT2D eigenvalue weighted by Gasteiger charge is -2.28. The molecule has 0 unspecified atom stereocenters. The van der Waals surface area contributed by atoms with Gasteiger partial charge in [0, 0.05) is 6.42 Å². The number of carbonyl (C=O) groups is 1. The number of ether oxygens (including phenoxy) is 5. The van der Waals surface area contributed by atoms with Crippen molar-refractivity contribution in [2.24, 2.45) is 0 Å². The fourth-order valence-electron chi connectivity index (χ4n) is 6.16. The molecule has 2 aliphatic rings. The molecule has 2 rings (SSSR count). The molecule has 1 N–H and O–H groups in total. The van der Waals surface area contributed by atoms with Crippen LogP contribution in [-0.4, -0.2) is 61.2 Å². The van der Waals surface area contributed by atoms with E-state index in [1.165, 1.54) is 70.6 Å². The van der Waals surface area contributed by atoms with E-state index >= 15 is 0 Å². The van der Waals surface area contributed by atoms with Gasteiger partial charge in [-0.25, -0.2) is 0 Å². The van der Waals surface area contributed by atoms with Gasteiger partial charge >= 0.3 is 0 Å². The lowest BCUT2D eigenvalue weighted by Crippen LogP contribution is -2.50. The number of nitrogens with one attached hydrogen (secondary N) is 1. The largest absolute Gasteiger partial charge is 0.376 e. The molecule has 0 aromatic heterocycles. The van der Waals surface area contributed by atoms with E-state index in [-0.39, 0.29) is 36.4 Å². The van der Waals surface area contributed by atoms with E-state index in [2.05, 4.69) is 26.1 Å². The first-order chi connectivity index (χ1) is 19.6. The van der Waals surface area contributed by atoms with Crippen molar-refractivity contribution < 1.29 is 28.5 Å². The van der Waals surface area contributed by atoms with Crippen LogP contribution in [0.5, 0.6) is 0 Å². The van der Waals surface area contributed by atoms with E-state index in [1.807, 2.05) is 27.7 Å². The smallest absolute Gasteiger partial charge is 0.220 e. The highest BCUT2D eigenvalue weighted by Crippen LogP contribution is 2.34. The number of amides is 1. The molecule has 7 nitrogen and oxygen atoms in total. The summed E-state index contributed by atoms with van der Waals surface area (Å²) in [6.07, 6.45) is 19.6. The summed E-state index contributed by atoms with van der Waals surface area (Å²) in [5.41, 5.74) is 0. The third-order valence-corrected chi connectivity index (χ3v) is 8.33. The van der Waals surface area contributed by atoms with Crippen molar-refractivity contribution in [1.82, 2.24) is 5.32 Å². The zero-order valence-corrected chi connectivity index (χ0v) is 27.8. The number of hydrogen-bond donors (Lipinski definition) is 1. The van der Waals surface area contributed by atoms with Gasteiger partial charge in [-0.1, -0.05) is 104 Å². The van der Waals surface area contributed by atoms with Crippen LogP contribution in [0.25, 0.3) is 0 Å². The first-order valence-corrected chi connectivity index (χ1v) is 17.2. The second kappa shape index (κ2) is 19.5. The third kappa shape index (κ3) is 14.5. The van der Waals surface area contributed by atoms with Gasteiger partial charge in [0.15, 0.2) is 11.6 Å². The molecule has 2 saturated heterocycles. The minimum absolute atomic E-state index is 0.00568. The molecule has 0 saturated carbocycles. The number of rotatable bonds is 23. The average Bonchev–Trinajstić information content (AvgIpc) is 3.40. The zero-order chi connectivity index (χ0) is 30.1. The van der Waals surface area contributed by atoms with Gasteiger partial charge < -0.3 is 29.0 Å². The first-order valence-electron chi connectivity index (χ1n) is 17.2. The van der Waals surface area contributed by atoms with Gasteiger partial charge in [0.25, 0.3) is 0 Å². The Balaban J connectivity index is 1.83. The van der Waals surface area contributed by atoms with Crippen molar-refractivity contribution in [3.05, 3.63) is 0 Å². The Kier molecular flexibility index (Phi) is 17.4. The minimum Gasteiger partial charge on any atom is -0.376 e. The second-order valence-electron chi connectivity index (χ2n) is 13.3. The van der Waals surface area contributed by atoms with Crippen molar-refractivity contribution in [1.29, 1.82) is 0 Å². The van der Waals surface area contributed by atoms with E-state index in [4.69, 9.17) is 23.7 Å². The molecule has 0 aromatic rings. The Bertz CT molecular complexity index is 699. The third-order valence-electron chi connectivity index (χ3n) is 8.33. The van der Waals surface area contributed by atoms with Crippen LogP contribution in [0, 0.1) is 0 Å². The molecule has 1 amide bonds. The van der Waals surface area contributed by atoms with Gasteiger partial charge in [-0.3, -0.25) is 4.79 Å². The Morgan fingerprint density at radius 1 is 0.683 bits per heavy atom. The molecule has 0 aliphatic carbocycles. The normalized spacial score (nSPS) is 25.9. The van der Waals surface area contributed by atoms with Crippen LogP contribution in [0.15, 0.2) is 0 Å². The molecule has 5 atom stereocenters. The summed E-state index contributed by atoms with van der Waals surface area (Å²) in [7, 11) is 0. The Hall–Kier alpha value is -0.730. The molecule has 2 heterocycles. The summed E-state index contributed by atoms with van der Waals surface area (Å²) in [5.74, 6) is -1.24. The maximum Gasteiger partial charge on any atom is 0.220 e. The Labute approximate surface area is 252 Å². The van der Waals surface area contributed by atoms with E-state index < -0.39 is 11.6 Å². The van der Waals surface area contributed by atoms with Crippen molar-refractivity contribution >= 4 is 5.91 Å². The van der Waals surface area contributed by atoms with Crippen LogP contribution in [0.3, 0.4) is 0 Å². The highest BCUT2D eigenvalue weighted by molar-refractivity contribution is 5.76. The predicted octanol–water partition coefficient (Wildman–Crippen LogP) is 8.22. The highest BCUT2D eigenvalue weighted by Gasteiger charge is 2.46. The zero-order valence-electron chi connectivity index (χ0n) is 27.8. The number of unbranched alkanes of at least 4 members (excludes halogenated alkanes) is 12. The summed E-state index contributed by atoms with van der Waals surface area (Å²) in [5, 5.41) is 3.23. The van der Waals surface area contributed by atoms with E-state index in [9.17, 15) is 4.79 Å². The van der Waals surface area contributed by atoms with Gasteiger partial charge in [0.2, 0.25) is 5.91 Å². The Morgan fingerprint density at radius 3 is 1.78 bits per heavy atom. The number of hydrogen-bond acceptors (Lipinski definition) is 6. The van der Waals surface area contributed by atoms with E-state index in [0.29, 0.717) is 19.6 Å². The van der Waals surface area contributed by atoms with Crippen molar-refractivity contribution in [3.8, 4) is 0 Å². The van der Waals surface area contributed by atoms with Gasteiger partial charge in [-0.05, 0) is 47.0 Å². The standard InChI is InChI=1S/C34H65NO6/c1-8-11-13-14-15-16-17-18-19-20-21-22-23-29-32(41-34(6,7)39-29)27(35-31(36)24-12-9-2)25-37-26-30-28(10-3)38-33(4,5)40-30/h27-30,32H,8-26H2,1-7H3,(H,35,36)/t27-,28-,29+,30-,32-/m0/s1. The summed E-state index contributed by atoms with van der Waals surface area (Å²) in [6.45, 7) is 15.1. The first kappa shape index (κ1) is 36.5. The summed E-state index contributed by atoms with van der Waals surface area (Å²) < 4.78 is 31.1. The van der Waals surface area contributed by atoms with Crippen LogP contribution >= 0.6 is 0 Å². The monoisotopic (exact) mass is 583 g/mol. The molecule has 0 radical (unpaired) electrons. The molecule has 2 aliphatic heterocycles. The highest BCUT2D eigenvalue weighted by atomic mass is 16.8. The van der Waals surface area contributed by atoms with Gasteiger partial charge in [-0.15, -0.1) is 0 Å². The van der Waals surface area contributed by atoms with Crippen LogP contribution < -0.4 is 5.32 Å². The maximum absolute atomic E-state index is 12.8. The van der Waals surface area contributed by atoms with Crippen LogP contribution in [-0.2, 0) is 28.5 Å². The SMILES string of the molecule is CCCCCCCCCCCCCC[C@H]1OC(C)(C)O[C@H]1[C@H](COC[C@@H]1OC(C)(C)O[C@H]1CC)NC(=O)CCCC. The van der Waals surface area contributed by atoms with E-state index in [1.54, 1.807) is 0 Å². The van der Waals surface area contributed by atoms with Crippen LogP contribution in [0.4, 0.5) is 0 Å². The molecule has 7 heteroatoms. The molecule has 0 aromatic carbocycles. The number of carbonyl (C=O) groups excluding carboxylic acids is 1. The maximum atomic E-state index is 12.8. The van der Waals surface area contributed by atoms with Crippen molar-refractivity contribution in [2.45, 2.75) is 200 Å². The molecule has 41 heavy (non-hydrogen) atoms. The summed E-state index contributed by atoms with van der Waals surface area (Å²) in [6, 6.07) is -0.279. The second-order valence-corrected chi connectivity index (χ2v) is 13.3. The summed E-state index contributed by atoms with van der Waals surface area (Å²) in [4.78, 5) is 12.8. The van der Waals surface area contributed by atoms with Gasteiger partial charge in [-0.2, -0.15) is 0 Å². The van der Waals surface area contributed by atoms with Gasteiger partial charge in [0.1, 0.15) is 12.2 Å². The lowest BCUT2D eigenvalue weighted by molar-refractivity contribution is -0.156. The van der Waals surface area contributed by atoms with Crippen LogP contribution in [0.1, 0.15) is 158 Å². The topological polar surface area (TPSA) is 75.2 Å². The van der Waals surface area contributed by atoms with Crippen molar-refractivity contribution in [2.75, 3.05) is 13.2 Å². The molecule has 2 fully saturated rings. The molecular weight excluding hydrogens is 518 g/mol. The van der Waals surface area contributed by atoms with Gasteiger partial charge in [0.05, 0.1) is 31.5 Å². The Morgan fingerprint density at radius 2 is 1.20 bits per heavy atom. The lowest BCUT2D eigenvalue weighted by atomic mass is 9.99. The summed E-state index contributed by atoms with van der Waals surface area (Å²) >= 11 is 0. The van der Waals surface area contributed by atoms with Crippen molar-refractivity contribution in [3.63, 3.8) is 0 Å². The minimum atomic E-state index is -0.682. The molecule has 242 valence electrons. The predicted molar refractivity (Wildman–Crippen MR) is 166 cm³/mol. The fraction of sp³-hybridized carbons (Fsp3) is 0.971. The molecule has 0 bridgehead atoms. The van der Waals surface area contributed by atoms with E-state index in [0.717, 1.165) is 32.1 Å². The quantitative estimate of drug-likeness (QED) is 0.122. The molecular formula is C34H65NO6. The molecule has 0 spiro atoms. The fourth-order valence-corrected chi connectivity index (χ4v) is 6.16. The average molecular weight is 584 g/mol.